The molecule has 1 aliphatic heterocycles. The van der Waals surface area contributed by atoms with Crippen LogP contribution in [0.3, 0.4) is 0 Å². The van der Waals surface area contributed by atoms with E-state index in [1.54, 1.807) is 11.3 Å². The minimum absolute atomic E-state index is 0.259. The lowest BCUT2D eigenvalue weighted by molar-refractivity contribution is -0.130. The smallest absolute Gasteiger partial charge is 0.222 e. The van der Waals surface area contributed by atoms with E-state index in [0.717, 1.165) is 32.5 Å². The zero-order chi connectivity index (χ0) is 16.1. The van der Waals surface area contributed by atoms with Gasteiger partial charge in [-0.2, -0.15) is 11.3 Å². The van der Waals surface area contributed by atoms with Gasteiger partial charge in [0.25, 0.3) is 0 Å². The van der Waals surface area contributed by atoms with Crippen LogP contribution in [-0.2, 0) is 11.2 Å². The summed E-state index contributed by atoms with van der Waals surface area (Å²) in [6.07, 6.45) is 2.63. The van der Waals surface area contributed by atoms with Crippen LogP contribution in [0, 0.1) is 5.92 Å². The Hall–Kier alpha value is -1.81. The van der Waals surface area contributed by atoms with Gasteiger partial charge in [0.15, 0.2) is 0 Å². The van der Waals surface area contributed by atoms with Crippen LogP contribution < -0.4 is 4.90 Å². The Morgan fingerprint density at radius 3 is 2.87 bits per heavy atom. The number of carbonyl (C=O) groups excluding carboxylic acids is 1. The minimum atomic E-state index is 0.259. The molecule has 122 valence electrons. The Morgan fingerprint density at radius 1 is 1.30 bits per heavy atom. The quantitative estimate of drug-likeness (QED) is 0.808. The highest BCUT2D eigenvalue weighted by Crippen LogP contribution is 2.24. The number of rotatable bonds is 6. The number of carbonyl (C=O) groups is 1. The summed E-state index contributed by atoms with van der Waals surface area (Å²) in [6.45, 7) is 3.00. The van der Waals surface area contributed by atoms with E-state index in [-0.39, 0.29) is 5.91 Å². The molecule has 2 aromatic rings. The Morgan fingerprint density at radius 2 is 2.13 bits per heavy atom. The van der Waals surface area contributed by atoms with E-state index in [1.807, 2.05) is 11.9 Å². The number of benzene rings is 1. The van der Waals surface area contributed by atoms with Crippen molar-refractivity contribution in [3.05, 3.63) is 52.7 Å². The summed E-state index contributed by atoms with van der Waals surface area (Å²) in [5.41, 5.74) is 2.56. The molecule has 0 unspecified atom stereocenters. The first kappa shape index (κ1) is 16.1. The molecule has 1 aliphatic rings. The monoisotopic (exact) mass is 328 g/mol. The van der Waals surface area contributed by atoms with E-state index in [2.05, 4.69) is 52.1 Å². The first-order valence-electron chi connectivity index (χ1n) is 8.27. The van der Waals surface area contributed by atoms with Gasteiger partial charge < -0.3 is 9.80 Å². The van der Waals surface area contributed by atoms with Crippen LogP contribution >= 0.6 is 11.3 Å². The average Bonchev–Trinajstić information content (AvgIpc) is 3.25. The van der Waals surface area contributed by atoms with Gasteiger partial charge in [0, 0.05) is 38.8 Å². The number of hydrogen-bond acceptors (Lipinski definition) is 3. The Balaban J connectivity index is 1.45. The molecule has 1 saturated heterocycles. The number of para-hydroxylation sites is 1. The van der Waals surface area contributed by atoms with Gasteiger partial charge in [-0.25, -0.2) is 0 Å². The third kappa shape index (κ3) is 4.35. The molecular formula is C19H24N2OS. The second kappa shape index (κ2) is 7.64. The summed E-state index contributed by atoms with van der Waals surface area (Å²) in [4.78, 5) is 16.6. The Labute approximate surface area is 142 Å². The maximum absolute atomic E-state index is 12.3. The van der Waals surface area contributed by atoms with Crippen molar-refractivity contribution in [3.63, 3.8) is 0 Å². The highest BCUT2D eigenvalue weighted by molar-refractivity contribution is 7.07. The van der Waals surface area contributed by atoms with Crippen molar-refractivity contribution in [2.45, 2.75) is 19.3 Å². The highest BCUT2D eigenvalue weighted by Gasteiger charge is 2.24. The fraction of sp³-hybridized carbons (Fsp3) is 0.421. The standard InChI is InChI=1S/C19H24N2OS/c1-20(19(22)8-7-16-10-12-23-15-16)13-17-9-11-21(14-17)18-5-3-2-4-6-18/h2-6,10,12,15,17H,7-9,11,13-14H2,1H3/t17-/m1/s1. The largest absolute Gasteiger partial charge is 0.371 e. The molecule has 1 atom stereocenters. The van der Waals surface area contributed by atoms with Crippen LogP contribution in [-0.4, -0.2) is 37.5 Å². The lowest BCUT2D eigenvalue weighted by atomic mass is 10.1. The summed E-state index contributed by atoms with van der Waals surface area (Å²) >= 11 is 1.69. The number of hydrogen-bond donors (Lipinski definition) is 0. The molecule has 0 aliphatic carbocycles. The Bertz CT molecular complexity index is 612. The van der Waals surface area contributed by atoms with Crippen molar-refractivity contribution >= 4 is 22.9 Å². The highest BCUT2D eigenvalue weighted by atomic mass is 32.1. The van der Waals surface area contributed by atoms with Crippen molar-refractivity contribution in [1.29, 1.82) is 0 Å². The zero-order valence-corrected chi connectivity index (χ0v) is 14.5. The number of aryl methyl sites for hydroxylation is 1. The van der Waals surface area contributed by atoms with E-state index in [0.29, 0.717) is 12.3 Å². The second-order valence-corrected chi connectivity index (χ2v) is 7.12. The first-order valence-corrected chi connectivity index (χ1v) is 9.21. The van der Waals surface area contributed by atoms with E-state index in [9.17, 15) is 4.79 Å². The lowest BCUT2D eigenvalue weighted by Crippen LogP contribution is -2.33. The maximum Gasteiger partial charge on any atom is 0.222 e. The fourth-order valence-corrected chi connectivity index (χ4v) is 3.92. The van der Waals surface area contributed by atoms with Gasteiger partial charge >= 0.3 is 0 Å². The molecule has 0 saturated carbocycles. The van der Waals surface area contributed by atoms with Crippen LogP contribution in [0.25, 0.3) is 0 Å². The van der Waals surface area contributed by atoms with Crippen molar-refractivity contribution in [3.8, 4) is 0 Å². The molecule has 0 bridgehead atoms. The molecule has 3 nitrogen and oxygen atoms in total. The van der Waals surface area contributed by atoms with E-state index < -0.39 is 0 Å². The van der Waals surface area contributed by atoms with Gasteiger partial charge in [-0.1, -0.05) is 18.2 Å². The molecule has 2 heterocycles. The fourth-order valence-electron chi connectivity index (χ4n) is 3.22. The Kier molecular flexibility index (Phi) is 5.34. The van der Waals surface area contributed by atoms with Crippen LogP contribution in [0.1, 0.15) is 18.4 Å². The average molecular weight is 328 g/mol. The third-order valence-corrected chi connectivity index (χ3v) is 5.30. The van der Waals surface area contributed by atoms with Crippen LogP contribution in [0.4, 0.5) is 5.69 Å². The number of nitrogens with zero attached hydrogens (tertiary/aromatic N) is 2. The van der Waals surface area contributed by atoms with Gasteiger partial charge in [-0.3, -0.25) is 4.79 Å². The molecule has 0 radical (unpaired) electrons. The van der Waals surface area contributed by atoms with E-state index >= 15 is 0 Å². The van der Waals surface area contributed by atoms with E-state index in [1.165, 1.54) is 11.3 Å². The normalized spacial score (nSPS) is 17.4. The molecule has 0 spiro atoms. The summed E-state index contributed by atoms with van der Waals surface area (Å²) in [7, 11) is 1.95. The number of amides is 1. The van der Waals surface area contributed by atoms with Crippen LogP contribution in [0.5, 0.6) is 0 Å². The second-order valence-electron chi connectivity index (χ2n) is 6.34. The summed E-state index contributed by atoms with van der Waals surface area (Å²) in [5.74, 6) is 0.833. The number of thiophene rings is 1. The summed E-state index contributed by atoms with van der Waals surface area (Å²) in [6, 6.07) is 12.7. The topological polar surface area (TPSA) is 23.6 Å². The summed E-state index contributed by atoms with van der Waals surface area (Å²) < 4.78 is 0. The molecule has 1 aromatic carbocycles. The lowest BCUT2D eigenvalue weighted by Gasteiger charge is -2.22. The van der Waals surface area contributed by atoms with Gasteiger partial charge in [-0.15, -0.1) is 0 Å². The maximum atomic E-state index is 12.3. The van der Waals surface area contributed by atoms with Crippen molar-refractivity contribution in [1.82, 2.24) is 4.90 Å². The van der Waals surface area contributed by atoms with Gasteiger partial charge in [0.05, 0.1) is 0 Å². The molecule has 0 N–H and O–H groups in total. The molecule has 3 rings (SSSR count). The molecule has 23 heavy (non-hydrogen) atoms. The third-order valence-electron chi connectivity index (χ3n) is 4.57. The van der Waals surface area contributed by atoms with Gasteiger partial charge in [0.1, 0.15) is 0 Å². The minimum Gasteiger partial charge on any atom is -0.371 e. The van der Waals surface area contributed by atoms with E-state index in [4.69, 9.17) is 0 Å². The predicted molar refractivity (Wildman–Crippen MR) is 97.0 cm³/mol. The molecule has 1 amide bonds. The van der Waals surface area contributed by atoms with Crippen LogP contribution in [0.15, 0.2) is 47.2 Å². The van der Waals surface area contributed by atoms with Crippen molar-refractivity contribution in [2.75, 3.05) is 31.6 Å². The van der Waals surface area contributed by atoms with Crippen molar-refractivity contribution < 1.29 is 4.79 Å². The predicted octanol–water partition coefficient (Wildman–Crippen LogP) is 3.67. The zero-order valence-electron chi connectivity index (χ0n) is 13.6. The van der Waals surface area contributed by atoms with Crippen LogP contribution in [0.2, 0.25) is 0 Å². The molecule has 4 heteroatoms. The molecule has 1 aromatic heterocycles. The molecule has 1 fully saturated rings. The van der Waals surface area contributed by atoms with Gasteiger partial charge in [0.2, 0.25) is 5.91 Å². The number of anilines is 1. The first-order chi connectivity index (χ1) is 11.2. The van der Waals surface area contributed by atoms with Crippen molar-refractivity contribution in [2.24, 2.45) is 5.92 Å². The molecular weight excluding hydrogens is 304 g/mol. The summed E-state index contributed by atoms with van der Waals surface area (Å²) in [5, 5.41) is 4.20. The SMILES string of the molecule is CN(C[C@H]1CCN(c2ccccc2)C1)C(=O)CCc1ccsc1. The van der Waals surface area contributed by atoms with Gasteiger partial charge in [-0.05, 0) is 53.3 Å².